The molecule has 16 heavy (non-hydrogen) atoms. The lowest BCUT2D eigenvalue weighted by atomic mass is 10.1. The number of hydrogen-bond donors (Lipinski definition) is 0. The Labute approximate surface area is 98.7 Å². The van der Waals surface area contributed by atoms with Crippen LogP contribution in [0, 0.1) is 5.82 Å². The summed E-state index contributed by atoms with van der Waals surface area (Å²) >= 11 is 5.48. The summed E-state index contributed by atoms with van der Waals surface area (Å²) in [5.74, 6) is -0.323. The molecule has 0 spiro atoms. The molecule has 0 atom stereocenters. The van der Waals surface area contributed by atoms with Gasteiger partial charge in [0.25, 0.3) is 0 Å². The van der Waals surface area contributed by atoms with E-state index in [0.29, 0.717) is 5.75 Å². The van der Waals surface area contributed by atoms with Crippen molar-refractivity contribution >= 4 is 17.4 Å². The highest BCUT2D eigenvalue weighted by atomic mass is 35.5. The molecule has 0 heterocycles. The van der Waals surface area contributed by atoms with Gasteiger partial charge in [0.15, 0.2) is 5.78 Å². The maximum absolute atomic E-state index is 12.9. The Kier molecular flexibility index (Phi) is 4.50. The largest absolute Gasteiger partial charge is 0.488 e. The van der Waals surface area contributed by atoms with Crippen molar-refractivity contribution in [3.8, 4) is 5.75 Å². The molecule has 1 aromatic carbocycles. The first kappa shape index (κ1) is 12.7. The number of benzene rings is 1. The Hall–Kier alpha value is -1.35. The van der Waals surface area contributed by atoms with Crippen molar-refractivity contribution in [3.05, 3.63) is 40.7 Å². The SMILES string of the molecule is CC(=O)c1cc(F)ccc1OC/C(C)=C/Cl. The van der Waals surface area contributed by atoms with E-state index in [2.05, 4.69) is 0 Å². The van der Waals surface area contributed by atoms with Gasteiger partial charge in [-0.2, -0.15) is 0 Å². The Morgan fingerprint density at radius 3 is 2.75 bits per heavy atom. The minimum atomic E-state index is -0.456. The van der Waals surface area contributed by atoms with Crippen molar-refractivity contribution in [2.75, 3.05) is 6.61 Å². The first-order valence-electron chi connectivity index (χ1n) is 4.73. The Bertz CT molecular complexity index is 427. The number of carbonyl (C=O) groups excluding carboxylic acids is 1. The summed E-state index contributed by atoms with van der Waals surface area (Å²) in [5, 5.41) is 0. The minimum Gasteiger partial charge on any atom is -0.488 e. The molecular weight excluding hydrogens is 231 g/mol. The Morgan fingerprint density at radius 1 is 1.50 bits per heavy atom. The molecule has 0 saturated carbocycles. The molecule has 0 N–H and O–H groups in total. The zero-order chi connectivity index (χ0) is 12.1. The van der Waals surface area contributed by atoms with Gasteiger partial charge in [0, 0.05) is 5.54 Å². The van der Waals surface area contributed by atoms with Crippen molar-refractivity contribution in [2.24, 2.45) is 0 Å². The highest BCUT2D eigenvalue weighted by Crippen LogP contribution is 2.20. The van der Waals surface area contributed by atoms with Crippen LogP contribution >= 0.6 is 11.6 Å². The average Bonchev–Trinajstić information content (AvgIpc) is 2.26. The molecule has 2 nitrogen and oxygen atoms in total. The number of ether oxygens (including phenoxy) is 1. The van der Waals surface area contributed by atoms with Gasteiger partial charge in [-0.3, -0.25) is 4.79 Å². The third-order valence-corrected chi connectivity index (χ3v) is 2.34. The van der Waals surface area contributed by atoms with Gasteiger partial charge in [-0.05, 0) is 37.6 Å². The molecule has 0 radical (unpaired) electrons. The fourth-order valence-corrected chi connectivity index (χ4v) is 1.19. The maximum atomic E-state index is 12.9. The van der Waals surface area contributed by atoms with E-state index in [4.69, 9.17) is 16.3 Å². The number of halogens is 2. The second kappa shape index (κ2) is 5.66. The van der Waals surface area contributed by atoms with Crippen LogP contribution < -0.4 is 4.74 Å². The van der Waals surface area contributed by atoms with Crippen LogP contribution in [0.1, 0.15) is 24.2 Å². The smallest absolute Gasteiger partial charge is 0.163 e. The summed E-state index contributed by atoms with van der Waals surface area (Å²) < 4.78 is 18.3. The van der Waals surface area contributed by atoms with Crippen LogP contribution in [0.4, 0.5) is 4.39 Å². The van der Waals surface area contributed by atoms with E-state index in [-0.39, 0.29) is 18.0 Å². The fourth-order valence-electron chi connectivity index (χ4n) is 1.13. The van der Waals surface area contributed by atoms with Crippen LogP contribution in [0.5, 0.6) is 5.75 Å². The summed E-state index contributed by atoms with van der Waals surface area (Å²) in [6.07, 6.45) is 0. The highest BCUT2D eigenvalue weighted by Gasteiger charge is 2.09. The number of Topliss-reactive ketones (excluding diaryl/α,β-unsaturated/α-hetero) is 1. The summed E-state index contributed by atoms with van der Waals surface area (Å²) in [5.41, 5.74) is 2.46. The molecule has 0 amide bonds. The predicted octanol–water partition coefficient (Wildman–Crippen LogP) is 3.55. The maximum Gasteiger partial charge on any atom is 0.163 e. The second-order valence-corrected chi connectivity index (χ2v) is 3.66. The molecule has 0 aromatic heterocycles. The molecule has 0 fully saturated rings. The Morgan fingerprint density at radius 2 is 2.19 bits per heavy atom. The van der Waals surface area contributed by atoms with E-state index < -0.39 is 5.82 Å². The molecule has 1 rings (SSSR count). The predicted molar refractivity (Wildman–Crippen MR) is 61.5 cm³/mol. The van der Waals surface area contributed by atoms with Crippen LogP contribution in [0.3, 0.4) is 0 Å². The molecule has 86 valence electrons. The highest BCUT2D eigenvalue weighted by molar-refractivity contribution is 6.25. The molecule has 0 aliphatic heterocycles. The molecule has 1 aromatic rings. The van der Waals surface area contributed by atoms with Gasteiger partial charge in [-0.15, -0.1) is 0 Å². The monoisotopic (exact) mass is 242 g/mol. The van der Waals surface area contributed by atoms with Gasteiger partial charge in [0.2, 0.25) is 0 Å². The van der Waals surface area contributed by atoms with Crippen molar-refractivity contribution in [1.29, 1.82) is 0 Å². The van der Waals surface area contributed by atoms with Crippen LogP contribution in [0.2, 0.25) is 0 Å². The summed E-state index contributed by atoms with van der Waals surface area (Å²) in [6, 6.07) is 3.85. The zero-order valence-electron chi connectivity index (χ0n) is 9.09. The van der Waals surface area contributed by atoms with E-state index >= 15 is 0 Å². The van der Waals surface area contributed by atoms with Crippen LogP contribution in [-0.2, 0) is 0 Å². The van der Waals surface area contributed by atoms with Crippen LogP contribution in [0.25, 0.3) is 0 Å². The van der Waals surface area contributed by atoms with E-state index in [1.165, 1.54) is 24.6 Å². The molecule has 0 aliphatic carbocycles. The van der Waals surface area contributed by atoms with Gasteiger partial charge >= 0.3 is 0 Å². The minimum absolute atomic E-state index is 0.234. The normalized spacial score (nSPS) is 11.4. The first-order valence-corrected chi connectivity index (χ1v) is 5.17. The van der Waals surface area contributed by atoms with Gasteiger partial charge in [-0.1, -0.05) is 11.6 Å². The van der Waals surface area contributed by atoms with Crippen LogP contribution in [0.15, 0.2) is 29.3 Å². The van der Waals surface area contributed by atoms with Gasteiger partial charge in [-0.25, -0.2) is 4.39 Å². The number of hydrogen-bond acceptors (Lipinski definition) is 2. The molecule has 4 heteroatoms. The van der Waals surface area contributed by atoms with E-state index in [9.17, 15) is 9.18 Å². The Balaban J connectivity index is 2.91. The third kappa shape index (κ3) is 3.35. The molecule has 0 saturated heterocycles. The van der Waals surface area contributed by atoms with Crippen molar-refractivity contribution in [2.45, 2.75) is 13.8 Å². The molecule has 0 bridgehead atoms. The van der Waals surface area contributed by atoms with Gasteiger partial charge < -0.3 is 4.74 Å². The fraction of sp³-hybridized carbons (Fsp3) is 0.250. The molecule has 0 unspecified atom stereocenters. The van der Waals surface area contributed by atoms with Crippen molar-refractivity contribution < 1.29 is 13.9 Å². The topological polar surface area (TPSA) is 26.3 Å². The lowest BCUT2D eigenvalue weighted by Crippen LogP contribution is -2.04. The molecular formula is C12H12ClFO2. The second-order valence-electron chi connectivity index (χ2n) is 3.44. The third-order valence-electron chi connectivity index (χ3n) is 1.96. The quantitative estimate of drug-likeness (QED) is 0.755. The van der Waals surface area contributed by atoms with Gasteiger partial charge in [0.05, 0.1) is 5.56 Å². The average molecular weight is 243 g/mol. The van der Waals surface area contributed by atoms with Crippen molar-refractivity contribution in [1.82, 2.24) is 0 Å². The number of rotatable bonds is 4. The zero-order valence-corrected chi connectivity index (χ0v) is 9.84. The van der Waals surface area contributed by atoms with Gasteiger partial charge in [0.1, 0.15) is 18.2 Å². The molecule has 0 aliphatic rings. The summed E-state index contributed by atoms with van der Waals surface area (Å²) in [7, 11) is 0. The van der Waals surface area contributed by atoms with E-state index in [1.807, 2.05) is 0 Å². The lowest BCUT2D eigenvalue weighted by molar-refractivity contribution is 0.101. The van der Waals surface area contributed by atoms with E-state index in [1.54, 1.807) is 6.92 Å². The standard InChI is InChI=1S/C12H12ClFO2/c1-8(6-13)7-16-12-4-3-10(14)5-11(12)9(2)15/h3-6H,7H2,1-2H3/b8-6+. The van der Waals surface area contributed by atoms with E-state index in [0.717, 1.165) is 11.6 Å². The van der Waals surface area contributed by atoms with Crippen molar-refractivity contribution in [3.63, 3.8) is 0 Å². The first-order chi connectivity index (χ1) is 7.54. The summed E-state index contributed by atoms with van der Waals surface area (Å²) in [4.78, 5) is 11.2. The van der Waals surface area contributed by atoms with Crippen LogP contribution in [-0.4, -0.2) is 12.4 Å². The number of carbonyl (C=O) groups is 1. The summed E-state index contributed by atoms with van der Waals surface area (Å²) in [6.45, 7) is 3.44. The number of ketones is 1. The lowest BCUT2D eigenvalue weighted by Gasteiger charge is -2.09.